The fourth-order valence-electron chi connectivity index (χ4n) is 8.21. The average Bonchev–Trinajstić information content (AvgIpc) is 3.46. The third kappa shape index (κ3) is 10.9. The number of aryl methyl sites for hydroxylation is 1. The van der Waals surface area contributed by atoms with E-state index in [4.69, 9.17) is 0 Å². The van der Waals surface area contributed by atoms with E-state index < -0.39 is 37.0 Å². The first-order valence-corrected chi connectivity index (χ1v) is 23.1. The number of carbonyl (C=O) groups is 1. The molecule has 5 rings (SSSR count). The summed E-state index contributed by atoms with van der Waals surface area (Å²) in [6, 6.07) is 17.0. The molecule has 2 aliphatic rings. The van der Waals surface area contributed by atoms with Crippen LogP contribution in [0.1, 0.15) is 69.2 Å². The molecule has 2 heterocycles. The van der Waals surface area contributed by atoms with Crippen molar-refractivity contribution in [1.82, 2.24) is 0 Å². The fraction of sp³-hybridized carbons (Fsp3) is 0.435. The molecule has 14 heteroatoms. The minimum absolute atomic E-state index is 0.0101. The maximum absolute atomic E-state index is 12.2. The molecule has 0 bridgehead atoms. The zero-order valence-corrected chi connectivity index (χ0v) is 38.3. The van der Waals surface area contributed by atoms with E-state index in [0.29, 0.717) is 19.5 Å². The minimum Gasteiger partial charge on any atom is -0.744 e. The van der Waals surface area contributed by atoms with Crippen molar-refractivity contribution in [3.8, 4) is 0 Å². The summed E-state index contributed by atoms with van der Waals surface area (Å²) in [7, 11) is 3.43. The Kier molecular flexibility index (Phi) is 13.3. The predicted molar refractivity (Wildman–Crippen MR) is 235 cm³/mol. The third-order valence-corrected chi connectivity index (χ3v) is 13.1. The van der Waals surface area contributed by atoms with Gasteiger partial charge in [-0.2, -0.15) is 4.58 Å². The van der Waals surface area contributed by atoms with Crippen molar-refractivity contribution in [3.63, 3.8) is 0 Å². The molecule has 0 fully saturated rings. The van der Waals surface area contributed by atoms with Gasteiger partial charge in [0.05, 0.1) is 77.0 Å². The summed E-state index contributed by atoms with van der Waals surface area (Å²) in [6.45, 7) is 11.2. The Morgan fingerprint density at radius 3 is 1.92 bits per heavy atom. The summed E-state index contributed by atoms with van der Waals surface area (Å²) < 4.78 is 76.7. The summed E-state index contributed by atoms with van der Waals surface area (Å²) in [5.74, 6) is -0.872. The largest absolute Gasteiger partial charge is 0.744 e. The van der Waals surface area contributed by atoms with E-state index in [-0.39, 0.29) is 16.2 Å². The van der Waals surface area contributed by atoms with Crippen LogP contribution >= 0.6 is 0 Å². The number of rotatable bonds is 17. The van der Waals surface area contributed by atoms with Crippen LogP contribution in [0, 0.1) is 0 Å². The smallest absolute Gasteiger partial charge is 0.303 e. The van der Waals surface area contributed by atoms with Gasteiger partial charge >= 0.3 is 5.97 Å². The molecular weight excluding hydrogens is 801 g/mol. The number of hydrogen-bond acceptors (Lipinski definition) is 8. The van der Waals surface area contributed by atoms with E-state index in [1.807, 2.05) is 64.1 Å². The Bertz CT molecular complexity index is 2480. The van der Waals surface area contributed by atoms with Gasteiger partial charge in [0.25, 0.3) is 0 Å². The minimum atomic E-state index is -4.69. The summed E-state index contributed by atoms with van der Waals surface area (Å²) in [4.78, 5) is 13.0. The molecule has 0 aliphatic carbocycles. The van der Waals surface area contributed by atoms with Gasteiger partial charge in [-0.1, -0.05) is 44.2 Å². The van der Waals surface area contributed by atoms with Gasteiger partial charge in [-0.3, -0.25) is 4.79 Å². The monoisotopic (exact) mass is 861 g/mol. The number of anilines is 1. The van der Waals surface area contributed by atoms with Crippen molar-refractivity contribution < 1.29 is 49.4 Å². The second-order valence-corrected chi connectivity index (χ2v) is 21.8. The summed E-state index contributed by atoms with van der Waals surface area (Å²) in [6.07, 6.45) is 10.3. The van der Waals surface area contributed by atoms with E-state index in [2.05, 4.69) is 63.9 Å². The topological polar surface area (TPSA) is 158 Å². The van der Waals surface area contributed by atoms with Crippen LogP contribution in [0.25, 0.3) is 5.57 Å². The number of aliphatic carboxylic acids is 1. The van der Waals surface area contributed by atoms with Crippen LogP contribution in [0.4, 0.5) is 11.4 Å². The lowest BCUT2D eigenvalue weighted by Crippen LogP contribution is -2.37. The van der Waals surface area contributed by atoms with Crippen molar-refractivity contribution in [2.75, 3.05) is 73.4 Å². The van der Waals surface area contributed by atoms with E-state index >= 15 is 0 Å². The van der Waals surface area contributed by atoms with Gasteiger partial charge in [0.2, 0.25) is 5.69 Å². The van der Waals surface area contributed by atoms with Crippen LogP contribution in [0.5, 0.6) is 0 Å². The molecule has 3 aromatic rings. The number of allylic oxidation sites excluding steroid dienone is 6. The molecule has 0 spiro atoms. The number of benzene rings is 3. The highest BCUT2D eigenvalue weighted by Crippen LogP contribution is 2.49. The molecular formula is C46H61N4O8S2+. The average molecular weight is 862 g/mol. The number of carboxylic acids is 1. The normalized spacial score (nSPS) is 17.5. The van der Waals surface area contributed by atoms with Crippen LogP contribution < -0.4 is 4.90 Å². The quantitative estimate of drug-likeness (QED) is 0.0702. The molecule has 0 saturated carbocycles. The number of fused-ring (bicyclic) bond motifs is 2. The van der Waals surface area contributed by atoms with E-state index in [1.165, 1.54) is 24.3 Å². The van der Waals surface area contributed by atoms with Crippen LogP contribution in [-0.4, -0.2) is 125 Å². The molecule has 2 aliphatic heterocycles. The van der Waals surface area contributed by atoms with Crippen LogP contribution in [-0.2, 0) is 42.3 Å². The number of quaternary nitrogens is 2. The van der Waals surface area contributed by atoms with Crippen molar-refractivity contribution in [2.24, 2.45) is 0 Å². The van der Waals surface area contributed by atoms with Crippen molar-refractivity contribution in [1.29, 1.82) is 0 Å². The van der Waals surface area contributed by atoms with Gasteiger partial charge in [-0.15, -0.1) is 0 Å². The van der Waals surface area contributed by atoms with Gasteiger partial charge in [0.1, 0.15) is 20.2 Å². The molecule has 12 nitrogen and oxygen atoms in total. The summed E-state index contributed by atoms with van der Waals surface area (Å²) >= 11 is 0. The summed E-state index contributed by atoms with van der Waals surface area (Å²) in [5, 5.41) is 9.29. The molecule has 0 amide bonds. The fourth-order valence-corrected chi connectivity index (χ4v) is 9.20. The van der Waals surface area contributed by atoms with Crippen LogP contribution in [0.2, 0.25) is 0 Å². The van der Waals surface area contributed by atoms with Gasteiger partial charge in [-0.05, 0) is 85.0 Å². The SMILES string of the molecule is CC1(C)C(/C=C/C(=C/C=C2/N(CCC[N+](C)(C)C)c3ccc(S(=O)(=O)[O-])cc3C2(C)C)c2ccc(CCC(=O)O)cc2)=[N+](CCC[N+](C)(C)C)c2ccc(S(=O)(=O)[O-])cc21. The first-order chi connectivity index (χ1) is 27.6. The Morgan fingerprint density at radius 2 is 1.35 bits per heavy atom. The first-order valence-electron chi connectivity index (χ1n) is 20.3. The van der Waals surface area contributed by atoms with Gasteiger partial charge < -0.3 is 28.1 Å². The Hall–Kier alpha value is -4.44. The molecule has 0 saturated heterocycles. The van der Waals surface area contributed by atoms with Crippen molar-refractivity contribution >= 4 is 48.9 Å². The Labute approximate surface area is 357 Å². The Balaban J connectivity index is 1.68. The number of nitrogens with zero attached hydrogens (tertiary/aromatic N) is 4. The van der Waals surface area contributed by atoms with Crippen molar-refractivity contribution in [3.05, 3.63) is 113 Å². The van der Waals surface area contributed by atoms with Gasteiger partial charge in [-0.25, -0.2) is 16.8 Å². The molecule has 1 N–H and O–H groups in total. The van der Waals surface area contributed by atoms with E-state index in [0.717, 1.165) is 85.5 Å². The molecule has 0 radical (unpaired) electrons. The standard InChI is InChI=1S/C46H60N4O8S2/c1-45(2)38-31-36(59(53,54)55)20-22-40(38)47(27-11-29-49(5,6)7)42(45)24-18-35(34-16-13-33(14-17-34)15-26-44(51)52)19-25-43-46(3,4)39-32-37(60(56,57)58)21-23-41(39)48(43)28-12-30-50(8,9)10/h13-14,16-25,31-32H,11-12,15,26-30H2,1-10H3/p+1. The van der Waals surface area contributed by atoms with Crippen LogP contribution in [0.3, 0.4) is 0 Å². The second kappa shape index (κ2) is 17.1. The van der Waals surface area contributed by atoms with Crippen LogP contribution in [0.15, 0.2) is 100 Å². The molecule has 60 heavy (non-hydrogen) atoms. The molecule has 0 unspecified atom stereocenters. The lowest BCUT2D eigenvalue weighted by atomic mass is 9.81. The lowest BCUT2D eigenvalue weighted by Gasteiger charge is -2.29. The molecule has 324 valence electrons. The highest BCUT2D eigenvalue weighted by atomic mass is 32.2. The molecule has 0 atom stereocenters. The predicted octanol–water partition coefficient (Wildman–Crippen LogP) is 6.40. The maximum Gasteiger partial charge on any atom is 0.303 e. The maximum atomic E-state index is 12.2. The lowest BCUT2D eigenvalue weighted by molar-refractivity contribution is -0.871. The van der Waals surface area contributed by atoms with Crippen molar-refractivity contribution in [2.45, 2.75) is 74.0 Å². The second-order valence-electron chi connectivity index (χ2n) is 19.0. The molecule has 0 aromatic heterocycles. The van der Waals surface area contributed by atoms with E-state index in [1.54, 1.807) is 12.1 Å². The summed E-state index contributed by atoms with van der Waals surface area (Å²) in [5.41, 5.74) is 6.28. The third-order valence-electron chi connectivity index (χ3n) is 11.5. The molecule has 3 aromatic carbocycles. The Morgan fingerprint density at radius 1 is 0.783 bits per heavy atom. The zero-order valence-electron chi connectivity index (χ0n) is 36.7. The van der Waals surface area contributed by atoms with E-state index in [9.17, 15) is 35.8 Å². The van der Waals surface area contributed by atoms with Gasteiger partial charge in [0, 0.05) is 53.9 Å². The number of carboxylic acid groups (broad SMARTS) is 1. The number of hydrogen-bond donors (Lipinski definition) is 1. The van der Waals surface area contributed by atoms with Gasteiger partial charge in [0.15, 0.2) is 12.3 Å². The zero-order chi connectivity index (χ0) is 44.6. The highest BCUT2D eigenvalue weighted by Gasteiger charge is 2.45. The first kappa shape index (κ1) is 46.6. The highest BCUT2D eigenvalue weighted by molar-refractivity contribution is 7.86.